The monoisotopic (exact) mass is 140 g/mol. The summed E-state index contributed by atoms with van der Waals surface area (Å²) in [4.78, 5) is 7.16. The first-order chi connectivity index (χ1) is 4.29. The lowest BCUT2D eigenvalue weighted by Gasteiger charge is -1.98. The van der Waals surface area contributed by atoms with Crippen LogP contribution < -0.4 is 0 Å². The molecule has 0 atom stereocenters. The molecule has 58 valence electrons. The zero-order valence-corrected chi connectivity index (χ0v) is 5.89. The molecule has 0 radical (unpaired) electrons. The highest BCUT2D eigenvalue weighted by molar-refractivity contribution is 4.87. The SMILES string of the molecule is C.CC(C)Cc1ncc[nH]1. The molecule has 1 rings (SSSR count). The number of nitrogens with zero attached hydrogens (tertiary/aromatic N) is 1. The van der Waals surface area contributed by atoms with E-state index in [9.17, 15) is 0 Å². The minimum absolute atomic E-state index is 0. The summed E-state index contributed by atoms with van der Waals surface area (Å²) >= 11 is 0. The normalized spacial score (nSPS) is 9.50. The Kier molecular flexibility index (Phi) is 3.77. The minimum Gasteiger partial charge on any atom is -0.349 e. The van der Waals surface area contributed by atoms with Gasteiger partial charge in [0.1, 0.15) is 5.82 Å². The molecular formula is C8H16N2. The Bertz CT molecular complexity index is 154. The molecule has 0 saturated heterocycles. The fraction of sp³-hybridized carbons (Fsp3) is 0.625. The van der Waals surface area contributed by atoms with Crippen molar-refractivity contribution in [3.63, 3.8) is 0 Å². The maximum absolute atomic E-state index is 4.10. The molecule has 0 aliphatic heterocycles. The van der Waals surface area contributed by atoms with Crippen molar-refractivity contribution in [1.29, 1.82) is 0 Å². The van der Waals surface area contributed by atoms with Gasteiger partial charge in [-0.15, -0.1) is 0 Å². The van der Waals surface area contributed by atoms with Crippen molar-refractivity contribution < 1.29 is 0 Å². The second kappa shape index (κ2) is 4.09. The Hall–Kier alpha value is -0.790. The van der Waals surface area contributed by atoms with Crippen LogP contribution >= 0.6 is 0 Å². The summed E-state index contributed by atoms with van der Waals surface area (Å²) in [6, 6.07) is 0. The molecule has 0 fully saturated rings. The third kappa shape index (κ3) is 2.67. The molecular weight excluding hydrogens is 124 g/mol. The first-order valence-electron chi connectivity index (χ1n) is 3.27. The maximum atomic E-state index is 4.10. The van der Waals surface area contributed by atoms with Gasteiger partial charge >= 0.3 is 0 Å². The van der Waals surface area contributed by atoms with Crippen LogP contribution in [-0.4, -0.2) is 9.97 Å². The topological polar surface area (TPSA) is 28.7 Å². The number of nitrogens with one attached hydrogen (secondary N) is 1. The minimum atomic E-state index is 0. The molecule has 10 heavy (non-hydrogen) atoms. The fourth-order valence-electron chi connectivity index (χ4n) is 0.796. The molecule has 0 saturated carbocycles. The van der Waals surface area contributed by atoms with Gasteiger partial charge < -0.3 is 4.98 Å². The number of hydrogen-bond acceptors (Lipinski definition) is 1. The van der Waals surface area contributed by atoms with Crippen LogP contribution in [-0.2, 0) is 6.42 Å². The average molecular weight is 140 g/mol. The molecule has 0 aliphatic rings. The molecule has 0 spiro atoms. The second-order valence-electron chi connectivity index (χ2n) is 2.63. The summed E-state index contributed by atoms with van der Waals surface area (Å²) in [5.41, 5.74) is 0. The second-order valence-corrected chi connectivity index (χ2v) is 2.63. The van der Waals surface area contributed by atoms with E-state index in [0.29, 0.717) is 5.92 Å². The van der Waals surface area contributed by atoms with Crippen molar-refractivity contribution in [2.75, 3.05) is 0 Å². The predicted molar refractivity (Wildman–Crippen MR) is 43.9 cm³/mol. The summed E-state index contributed by atoms with van der Waals surface area (Å²) in [5, 5.41) is 0. The van der Waals surface area contributed by atoms with Crippen molar-refractivity contribution in [3.8, 4) is 0 Å². The fourth-order valence-corrected chi connectivity index (χ4v) is 0.796. The van der Waals surface area contributed by atoms with Crippen molar-refractivity contribution >= 4 is 0 Å². The summed E-state index contributed by atoms with van der Waals surface area (Å²) in [6.07, 6.45) is 4.70. The van der Waals surface area contributed by atoms with Crippen molar-refractivity contribution in [3.05, 3.63) is 18.2 Å². The molecule has 0 aliphatic carbocycles. The van der Waals surface area contributed by atoms with E-state index in [0.717, 1.165) is 12.2 Å². The van der Waals surface area contributed by atoms with E-state index >= 15 is 0 Å². The van der Waals surface area contributed by atoms with Crippen LogP contribution in [0.1, 0.15) is 27.1 Å². The third-order valence-corrected chi connectivity index (χ3v) is 1.16. The smallest absolute Gasteiger partial charge is 0.106 e. The van der Waals surface area contributed by atoms with E-state index in [1.807, 2.05) is 6.20 Å². The van der Waals surface area contributed by atoms with Gasteiger partial charge in [0.15, 0.2) is 0 Å². The highest BCUT2D eigenvalue weighted by Gasteiger charge is 1.96. The van der Waals surface area contributed by atoms with Gasteiger partial charge in [0.25, 0.3) is 0 Å². The van der Waals surface area contributed by atoms with Crippen molar-refractivity contribution in [1.82, 2.24) is 9.97 Å². The largest absolute Gasteiger partial charge is 0.349 e. The summed E-state index contributed by atoms with van der Waals surface area (Å²) < 4.78 is 0. The van der Waals surface area contributed by atoms with E-state index < -0.39 is 0 Å². The van der Waals surface area contributed by atoms with Gasteiger partial charge in [-0.25, -0.2) is 4.98 Å². The molecule has 2 heteroatoms. The zero-order chi connectivity index (χ0) is 6.69. The van der Waals surface area contributed by atoms with Gasteiger partial charge in [0.05, 0.1) is 0 Å². The Balaban J connectivity index is 0.000000810. The van der Waals surface area contributed by atoms with E-state index in [-0.39, 0.29) is 7.43 Å². The van der Waals surface area contributed by atoms with Gasteiger partial charge in [-0.05, 0) is 5.92 Å². The van der Waals surface area contributed by atoms with Gasteiger partial charge in [-0.2, -0.15) is 0 Å². The Morgan fingerprint density at radius 1 is 1.60 bits per heavy atom. The highest BCUT2D eigenvalue weighted by Crippen LogP contribution is 2.00. The number of rotatable bonds is 2. The van der Waals surface area contributed by atoms with Crippen LogP contribution in [0.2, 0.25) is 0 Å². The molecule has 2 nitrogen and oxygen atoms in total. The number of imidazole rings is 1. The summed E-state index contributed by atoms with van der Waals surface area (Å²) in [7, 11) is 0. The van der Waals surface area contributed by atoms with Crippen molar-refractivity contribution in [2.24, 2.45) is 5.92 Å². The van der Waals surface area contributed by atoms with Gasteiger partial charge in [-0.3, -0.25) is 0 Å². The number of aromatic nitrogens is 2. The molecule has 1 aromatic rings. The number of aromatic amines is 1. The Morgan fingerprint density at radius 2 is 2.30 bits per heavy atom. The quantitative estimate of drug-likeness (QED) is 0.670. The molecule has 0 bridgehead atoms. The van der Waals surface area contributed by atoms with E-state index in [4.69, 9.17) is 0 Å². The number of H-pyrrole nitrogens is 1. The first-order valence-corrected chi connectivity index (χ1v) is 3.27. The van der Waals surface area contributed by atoms with Crippen LogP contribution in [0.25, 0.3) is 0 Å². The number of hydrogen-bond donors (Lipinski definition) is 1. The van der Waals surface area contributed by atoms with Crippen LogP contribution in [0.5, 0.6) is 0 Å². The molecule has 0 unspecified atom stereocenters. The van der Waals surface area contributed by atoms with Gasteiger partial charge in [0.2, 0.25) is 0 Å². The zero-order valence-electron chi connectivity index (χ0n) is 5.89. The van der Waals surface area contributed by atoms with Gasteiger partial charge in [0, 0.05) is 18.8 Å². The van der Waals surface area contributed by atoms with Crippen LogP contribution in [0.4, 0.5) is 0 Å². The molecule has 0 aromatic carbocycles. The van der Waals surface area contributed by atoms with Crippen LogP contribution in [0.15, 0.2) is 12.4 Å². The van der Waals surface area contributed by atoms with Crippen LogP contribution in [0.3, 0.4) is 0 Å². The van der Waals surface area contributed by atoms with E-state index in [1.54, 1.807) is 6.20 Å². The molecule has 1 heterocycles. The lowest BCUT2D eigenvalue weighted by molar-refractivity contribution is 0.626. The summed E-state index contributed by atoms with van der Waals surface area (Å²) in [5.74, 6) is 1.78. The lowest BCUT2D eigenvalue weighted by Crippen LogP contribution is -1.95. The van der Waals surface area contributed by atoms with E-state index in [1.165, 1.54) is 0 Å². The van der Waals surface area contributed by atoms with Crippen LogP contribution in [0, 0.1) is 5.92 Å². The van der Waals surface area contributed by atoms with E-state index in [2.05, 4.69) is 23.8 Å². The maximum Gasteiger partial charge on any atom is 0.106 e. The highest BCUT2D eigenvalue weighted by atomic mass is 14.9. The predicted octanol–water partition coefficient (Wildman–Crippen LogP) is 2.24. The first kappa shape index (κ1) is 9.21. The Labute approximate surface area is 62.7 Å². The molecule has 0 amide bonds. The molecule has 1 aromatic heterocycles. The summed E-state index contributed by atoms with van der Waals surface area (Å²) in [6.45, 7) is 4.37. The standard InChI is InChI=1S/C7H12N2.CH4/c1-6(2)5-7-8-3-4-9-7;/h3-4,6H,5H2,1-2H3,(H,8,9);1H4. The Morgan fingerprint density at radius 3 is 2.70 bits per heavy atom. The molecule has 1 N–H and O–H groups in total. The average Bonchev–Trinajstić information content (AvgIpc) is 2.15. The third-order valence-electron chi connectivity index (χ3n) is 1.16. The lowest BCUT2D eigenvalue weighted by atomic mass is 10.1. The van der Waals surface area contributed by atoms with Gasteiger partial charge in [-0.1, -0.05) is 21.3 Å². The van der Waals surface area contributed by atoms with Crippen molar-refractivity contribution in [2.45, 2.75) is 27.7 Å².